The molecule has 0 spiro atoms. The van der Waals surface area contributed by atoms with Gasteiger partial charge in [0, 0.05) is 18.1 Å². The third-order valence-electron chi connectivity index (χ3n) is 3.85. The van der Waals surface area contributed by atoms with Crippen molar-refractivity contribution in [1.82, 2.24) is 9.97 Å². The molecule has 3 rings (SSSR count). The molecule has 1 heterocycles. The first-order valence-corrected chi connectivity index (χ1v) is 9.66. The van der Waals surface area contributed by atoms with E-state index in [1.807, 2.05) is 31.2 Å². The maximum Gasteiger partial charge on any atom is 0.264 e. The number of nitrogens with one attached hydrogen (secondary N) is 2. The average Bonchev–Trinajstić information content (AvgIpc) is 2.64. The summed E-state index contributed by atoms with van der Waals surface area (Å²) >= 11 is 0. The highest BCUT2D eigenvalue weighted by Crippen LogP contribution is 2.17. The second kappa shape index (κ2) is 7.96. The molecule has 3 aromatic rings. The van der Waals surface area contributed by atoms with Crippen molar-refractivity contribution in [2.75, 3.05) is 10.0 Å². The largest absolute Gasteiger partial charge is 0.326 e. The number of aryl methyl sites for hydroxylation is 1. The molecule has 27 heavy (non-hydrogen) atoms. The third-order valence-corrected chi connectivity index (χ3v) is 5.20. The molecule has 2 N–H and O–H groups in total. The van der Waals surface area contributed by atoms with Gasteiger partial charge in [0.1, 0.15) is 0 Å². The molecule has 1 aromatic heterocycles. The molecule has 0 unspecified atom stereocenters. The van der Waals surface area contributed by atoms with Crippen LogP contribution in [0, 0.1) is 6.92 Å². The predicted octanol–water partition coefficient (Wildman–Crippen LogP) is 2.77. The van der Waals surface area contributed by atoms with E-state index in [1.165, 1.54) is 36.7 Å². The van der Waals surface area contributed by atoms with E-state index >= 15 is 0 Å². The minimum Gasteiger partial charge on any atom is -0.326 e. The zero-order valence-corrected chi connectivity index (χ0v) is 15.4. The van der Waals surface area contributed by atoms with Gasteiger partial charge in [-0.15, -0.1) is 0 Å². The van der Waals surface area contributed by atoms with Crippen molar-refractivity contribution >= 4 is 27.6 Å². The molecular weight excluding hydrogens is 364 g/mol. The lowest BCUT2D eigenvalue weighted by Gasteiger charge is -2.09. The molecule has 0 aliphatic carbocycles. The van der Waals surface area contributed by atoms with E-state index in [9.17, 15) is 13.2 Å². The predicted molar refractivity (Wildman–Crippen MR) is 103 cm³/mol. The van der Waals surface area contributed by atoms with Crippen molar-refractivity contribution in [2.24, 2.45) is 0 Å². The van der Waals surface area contributed by atoms with Crippen LogP contribution in [-0.4, -0.2) is 24.3 Å². The molecule has 8 heteroatoms. The molecule has 0 aliphatic rings. The molecule has 0 saturated carbocycles. The van der Waals surface area contributed by atoms with Crippen molar-refractivity contribution in [3.8, 4) is 0 Å². The van der Waals surface area contributed by atoms with Crippen LogP contribution in [0.1, 0.15) is 11.1 Å². The number of hydrogen-bond donors (Lipinski definition) is 2. The molecule has 0 aliphatic heterocycles. The quantitative estimate of drug-likeness (QED) is 0.683. The van der Waals surface area contributed by atoms with E-state index in [2.05, 4.69) is 20.0 Å². The number of rotatable bonds is 6. The molecule has 0 radical (unpaired) electrons. The van der Waals surface area contributed by atoms with Crippen LogP contribution in [0.2, 0.25) is 0 Å². The Bertz CT molecular complexity index is 1040. The molecule has 0 fully saturated rings. The monoisotopic (exact) mass is 382 g/mol. The third kappa shape index (κ3) is 4.89. The lowest BCUT2D eigenvalue weighted by atomic mass is 10.1. The summed E-state index contributed by atoms with van der Waals surface area (Å²) in [4.78, 5) is 19.9. The summed E-state index contributed by atoms with van der Waals surface area (Å²) in [6, 6.07) is 15.2. The summed E-state index contributed by atoms with van der Waals surface area (Å²) < 4.78 is 27.0. The molecule has 0 bridgehead atoms. The van der Waals surface area contributed by atoms with Crippen LogP contribution >= 0.6 is 0 Å². The Kier molecular flexibility index (Phi) is 5.46. The Morgan fingerprint density at radius 2 is 1.63 bits per heavy atom. The summed E-state index contributed by atoms with van der Waals surface area (Å²) in [5.41, 5.74) is 2.51. The SMILES string of the molecule is Cc1ccccc1CC(=O)Nc1ccc(S(=O)(=O)Nc2ncccn2)cc1. The minimum atomic E-state index is -3.80. The number of anilines is 2. The van der Waals surface area contributed by atoms with Crippen LogP contribution in [0.25, 0.3) is 0 Å². The number of aromatic nitrogens is 2. The van der Waals surface area contributed by atoms with Crippen molar-refractivity contribution < 1.29 is 13.2 Å². The first kappa shape index (κ1) is 18.5. The number of amides is 1. The molecule has 138 valence electrons. The van der Waals surface area contributed by atoms with Gasteiger partial charge in [-0.25, -0.2) is 23.1 Å². The number of benzene rings is 2. The Labute approximate surface area is 157 Å². The maximum atomic E-state index is 12.3. The highest BCUT2D eigenvalue weighted by Gasteiger charge is 2.15. The first-order valence-electron chi connectivity index (χ1n) is 8.18. The molecule has 2 aromatic carbocycles. The second-order valence-corrected chi connectivity index (χ2v) is 7.54. The van der Waals surface area contributed by atoms with E-state index < -0.39 is 10.0 Å². The van der Waals surface area contributed by atoms with Gasteiger partial charge < -0.3 is 5.32 Å². The number of nitrogens with zero attached hydrogens (tertiary/aromatic N) is 2. The number of carbonyl (C=O) groups is 1. The normalized spacial score (nSPS) is 11.0. The fourth-order valence-electron chi connectivity index (χ4n) is 2.43. The minimum absolute atomic E-state index is 0.00638. The zero-order valence-electron chi connectivity index (χ0n) is 14.6. The maximum absolute atomic E-state index is 12.3. The molecule has 0 saturated heterocycles. The van der Waals surface area contributed by atoms with Gasteiger partial charge >= 0.3 is 0 Å². The van der Waals surface area contributed by atoms with Crippen LogP contribution in [0.4, 0.5) is 11.6 Å². The number of hydrogen-bond acceptors (Lipinski definition) is 5. The summed E-state index contributed by atoms with van der Waals surface area (Å²) in [6.45, 7) is 1.95. The van der Waals surface area contributed by atoms with Gasteiger partial charge in [0.2, 0.25) is 11.9 Å². The summed E-state index contributed by atoms with van der Waals surface area (Å²) in [6.07, 6.45) is 3.13. The Morgan fingerprint density at radius 1 is 0.963 bits per heavy atom. The molecule has 0 atom stereocenters. The highest BCUT2D eigenvalue weighted by atomic mass is 32.2. The fraction of sp³-hybridized carbons (Fsp3) is 0.105. The summed E-state index contributed by atoms with van der Waals surface area (Å²) in [5, 5.41) is 2.77. The van der Waals surface area contributed by atoms with Crippen molar-refractivity contribution in [3.63, 3.8) is 0 Å². The Morgan fingerprint density at radius 3 is 2.30 bits per heavy atom. The van der Waals surface area contributed by atoms with Gasteiger partial charge in [0.25, 0.3) is 10.0 Å². The van der Waals surface area contributed by atoms with Gasteiger partial charge in [0.15, 0.2) is 0 Å². The summed E-state index contributed by atoms with van der Waals surface area (Å²) in [7, 11) is -3.80. The van der Waals surface area contributed by atoms with E-state index in [-0.39, 0.29) is 23.2 Å². The standard InChI is InChI=1S/C19H18N4O3S/c1-14-5-2-3-6-15(14)13-18(24)22-16-7-9-17(10-8-16)27(25,26)23-19-20-11-4-12-21-19/h2-12H,13H2,1H3,(H,22,24)(H,20,21,23). The first-order chi connectivity index (χ1) is 12.9. The molecule has 1 amide bonds. The van der Waals surface area contributed by atoms with Crippen LogP contribution in [0.3, 0.4) is 0 Å². The van der Waals surface area contributed by atoms with E-state index in [0.29, 0.717) is 5.69 Å². The highest BCUT2D eigenvalue weighted by molar-refractivity contribution is 7.92. The van der Waals surface area contributed by atoms with Crippen LogP contribution in [-0.2, 0) is 21.2 Å². The van der Waals surface area contributed by atoms with Crippen LogP contribution < -0.4 is 10.0 Å². The molecular formula is C19H18N4O3S. The Hall–Kier alpha value is -3.26. The molecule has 7 nitrogen and oxygen atoms in total. The van der Waals surface area contributed by atoms with E-state index in [4.69, 9.17) is 0 Å². The van der Waals surface area contributed by atoms with Crippen molar-refractivity contribution in [1.29, 1.82) is 0 Å². The van der Waals surface area contributed by atoms with Gasteiger partial charge in [-0.2, -0.15) is 0 Å². The zero-order chi connectivity index (χ0) is 19.3. The number of sulfonamides is 1. The van der Waals surface area contributed by atoms with Crippen LogP contribution in [0.5, 0.6) is 0 Å². The fourth-order valence-corrected chi connectivity index (χ4v) is 3.39. The van der Waals surface area contributed by atoms with Gasteiger partial charge in [-0.05, 0) is 48.4 Å². The average molecular weight is 382 g/mol. The van der Waals surface area contributed by atoms with Crippen LogP contribution in [0.15, 0.2) is 71.9 Å². The van der Waals surface area contributed by atoms with Crippen molar-refractivity contribution in [2.45, 2.75) is 18.2 Å². The van der Waals surface area contributed by atoms with E-state index in [1.54, 1.807) is 6.07 Å². The van der Waals surface area contributed by atoms with E-state index in [0.717, 1.165) is 11.1 Å². The van der Waals surface area contributed by atoms with Gasteiger partial charge in [-0.1, -0.05) is 24.3 Å². The second-order valence-electron chi connectivity index (χ2n) is 5.85. The topological polar surface area (TPSA) is 101 Å². The van der Waals surface area contributed by atoms with Gasteiger partial charge in [0.05, 0.1) is 11.3 Å². The number of carbonyl (C=O) groups excluding carboxylic acids is 1. The summed E-state index contributed by atoms with van der Waals surface area (Å²) in [5.74, 6) is -0.177. The smallest absolute Gasteiger partial charge is 0.264 e. The van der Waals surface area contributed by atoms with Crippen molar-refractivity contribution in [3.05, 3.63) is 78.1 Å². The Balaban J connectivity index is 1.66. The van der Waals surface area contributed by atoms with Gasteiger partial charge in [-0.3, -0.25) is 4.79 Å². The lowest BCUT2D eigenvalue weighted by molar-refractivity contribution is -0.115. The lowest BCUT2D eigenvalue weighted by Crippen LogP contribution is -2.16.